The van der Waals surface area contributed by atoms with Crippen molar-refractivity contribution >= 4 is 56.1 Å². The summed E-state index contributed by atoms with van der Waals surface area (Å²) in [7, 11) is 0. The van der Waals surface area contributed by atoms with Gasteiger partial charge in [0.05, 0.1) is 0 Å². The average molecular weight is 721 g/mol. The predicted molar refractivity (Wildman–Crippen MR) is 232 cm³/mol. The second-order valence-corrected chi connectivity index (χ2v) is 15.3. The van der Waals surface area contributed by atoms with Crippen molar-refractivity contribution in [2.24, 2.45) is 0 Å². The summed E-state index contributed by atoms with van der Waals surface area (Å²) in [6, 6.07) is 70.6. The first-order chi connectivity index (χ1) is 27.7. The lowest BCUT2D eigenvalue weighted by Gasteiger charge is -2.31. The second kappa shape index (κ2) is 13.2. The van der Waals surface area contributed by atoms with Crippen molar-refractivity contribution in [3.63, 3.8) is 0 Å². The molecule has 0 amide bonds. The molecule has 11 rings (SSSR count). The zero-order chi connectivity index (χ0) is 37.1. The minimum atomic E-state index is -0.0384. The summed E-state index contributed by atoms with van der Waals surface area (Å²) in [5, 5.41) is 2.26. The van der Waals surface area contributed by atoms with E-state index in [1.165, 1.54) is 44.8 Å². The Morgan fingerprint density at radius 3 is 1.43 bits per heavy atom. The SMILES string of the molecule is c1ccc(-c2ccc(N(c3ccc4c(c3)[C@]3(CCc5ccc(N(c6ccccc6)c6ccccc6)cc53)CC4)c3ccc4oc5ccccc5c4c3)cc2)cc1. The highest BCUT2D eigenvalue weighted by Gasteiger charge is 2.45. The Kier molecular flexibility index (Phi) is 7.67. The van der Waals surface area contributed by atoms with Gasteiger partial charge in [0.1, 0.15) is 11.2 Å². The van der Waals surface area contributed by atoms with Crippen LogP contribution in [0.5, 0.6) is 0 Å². The van der Waals surface area contributed by atoms with Crippen molar-refractivity contribution in [3.05, 3.63) is 216 Å². The van der Waals surface area contributed by atoms with Crippen molar-refractivity contribution in [3.8, 4) is 11.1 Å². The minimum Gasteiger partial charge on any atom is -0.456 e. The van der Waals surface area contributed by atoms with Gasteiger partial charge >= 0.3 is 0 Å². The van der Waals surface area contributed by atoms with Crippen molar-refractivity contribution in [2.45, 2.75) is 31.1 Å². The van der Waals surface area contributed by atoms with Crippen LogP contribution < -0.4 is 9.80 Å². The van der Waals surface area contributed by atoms with Crippen LogP contribution in [0.1, 0.15) is 35.1 Å². The van der Waals surface area contributed by atoms with E-state index in [2.05, 4.69) is 198 Å². The lowest BCUT2D eigenvalue weighted by Crippen LogP contribution is -2.22. The van der Waals surface area contributed by atoms with Gasteiger partial charge in [-0.2, -0.15) is 0 Å². The molecular weight excluding hydrogens is 681 g/mol. The average Bonchev–Trinajstić information content (AvgIpc) is 3.95. The van der Waals surface area contributed by atoms with Crippen LogP contribution in [0.15, 0.2) is 199 Å². The first-order valence-electron chi connectivity index (χ1n) is 19.8. The van der Waals surface area contributed by atoms with Crippen molar-refractivity contribution in [1.29, 1.82) is 0 Å². The molecule has 3 nitrogen and oxygen atoms in total. The van der Waals surface area contributed by atoms with Crippen molar-refractivity contribution in [1.82, 2.24) is 0 Å². The minimum absolute atomic E-state index is 0.0384. The molecule has 1 heterocycles. The highest BCUT2D eigenvalue weighted by Crippen LogP contribution is 2.55. The van der Waals surface area contributed by atoms with Gasteiger partial charge in [-0.15, -0.1) is 0 Å². The third kappa shape index (κ3) is 5.34. The summed E-state index contributed by atoms with van der Waals surface area (Å²) >= 11 is 0. The summed E-state index contributed by atoms with van der Waals surface area (Å²) in [4.78, 5) is 4.83. The Labute approximate surface area is 327 Å². The van der Waals surface area contributed by atoms with E-state index in [0.717, 1.165) is 70.4 Å². The number of hydrogen-bond acceptors (Lipinski definition) is 3. The summed E-state index contributed by atoms with van der Waals surface area (Å²) in [6.07, 6.45) is 4.42. The van der Waals surface area contributed by atoms with Crippen LogP contribution in [0.25, 0.3) is 33.1 Å². The quantitative estimate of drug-likeness (QED) is 0.163. The van der Waals surface area contributed by atoms with E-state index in [-0.39, 0.29) is 5.41 Å². The zero-order valence-electron chi connectivity index (χ0n) is 31.1. The number of nitrogens with zero attached hydrogens (tertiary/aromatic N) is 2. The fourth-order valence-electron chi connectivity index (χ4n) is 9.57. The summed E-state index contributed by atoms with van der Waals surface area (Å²) in [5.41, 5.74) is 17.0. The van der Waals surface area contributed by atoms with Crippen molar-refractivity contribution < 1.29 is 4.42 Å². The number of para-hydroxylation sites is 3. The summed E-state index contributed by atoms with van der Waals surface area (Å²) in [6.45, 7) is 0. The molecule has 0 fully saturated rings. The highest BCUT2D eigenvalue weighted by atomic mass is 16.3. The van der Waals surface area contributed by atoms with Gasteiger partial charge in [0.25, 0.3) is 0 Å². The monoisotopic (exact) mass is 720 g/mol. The lowest BCUT2D eigenvalue weighted by molar-refractivity contribution is 0.507. The number of anilines is 6. The number of hydrogen-bond donors (Lipinski definition) is 0. The molecule has 56 heavy (non-hydrogen) atoms. The van der Waals surface area contributed by atoms with E-state index in [9.17, 15) is 0 Å². The molecule has 0 saturated carbocycles. The van der Waals surface area contributed by atoms with Gasteiger partial charge in [0.15, 0.2) is 0 Å². The van der Waals surface area contributed by atoms with Gasteiger partial charge in [-0.25, -0.2) is 0 Å². The zero-order valence-corrected chi connectivity index (χ0v) is 31.1. The molecule has 0 unspecified atom stereocenters. The van der Waals surface area contributed by atoms with Gasteiger partial charge in [0.2, 0.25) is 0 Å². The Morgan fingerprint density at radius 2 is 0.804 bits per heavy atom. The van der Waals surface area contributed by atoms with Gasteiger partial charge in [-0.3, -0.25) is 0 Å². The van der Waals surface area contributed by atoms with Gasteiger partial charge in [0, 0.05) is 50.3 Å². The van der Waals surface area contributed by atoms with Crippen LogP contribution in [-0.2, 0) is 18.3 Å². The summed E-state index contributed by atoms with van der Waals surface area (Å²) < 4.78 is 6.28. The van der Waals surface area contributed by atoms with E-state index in [1.54, 1.807) is 0 Å². The third-order valence-corrected chi connectivity index (χ3v) is 12.3. The molecule has 2 aliphatic rings. The number of rotatable bonds is 7. The van der Waals surface area contributed by atoms with Crippen LogP contribution in [0.4, 0.5) is 34.1 Å². The van der Waals surface area contributed by atoms with E-state index in [4.69, 9.17) is 4.42 Å². The van der Waals surface area contributed by atoms with Crippen LogP contribution in [0.3, 0.4) is 0 Å². The Balaban J connectivity index is 1.05. The fraction of sp³-hybridized carbons (Fsp3) is 0.0943. The smallest absolute Gasteiger partial charge is 0.135 e. The van der Waals surface area contributed by atoms with Crippen LogP contribution in [0, 0.1) is 0 Å². The fourth-order valence-corrected chi connectivity index (χ4v) is 9.57. The normalized spacial score (nSPS) is 15.6. The largest absolute Gasteiger partial charge is 0.456 e. The topological polar surface area (TPSA) is 19.6 Å². The first-order valence-corrected chi connectivity index (χ1v) is 19.8. The maximum Gasteiger partial charge on any atom is 0.135 e. The third-order valence-electron chi connectivity index (χ3n) is 12.3. The first kappa shape index (κ1) is 32.6. The predicted octanol–water partition coefficient (Wildman–Crippen LogP) is 14.4. The molecule has 0 aliphatic heterocycles. The van der Waals surface area contributed by atoms with Gasteiger partial charge in [-0.1, -0.05) is 109 Å². The number of aryl methyl sites for hydroxylation is 2. The molecule has 0 saturated heterocycles. The molecular formula is C53H40N2O. The Hall–Kier alpha value is -6.84. The molecule has 1 spiro atoms. The molecule has 1 aromatic heterocycles. The van der Waals surface area contributed by atoms with Crippen LogP contribution in [0.2, 0.25) is 0 Å². The Morgan fingerprint density at radius 1 is 0.357 bits per heavy atom. The molecule has 2 aliphatic carbocycles. The maximum atomic E-state index is 6.28. The molecule has 0 radical (unpaired) electrons. The molecule has 0 bridgehead atoms. The van der Waals surface area contributed by atoms with E-state index in [0.29, 0.717) is 0 Å². The molecule has 1 atom stereocenters. The lowest BCUT2D eigenvalue weighted by atomic mass is 9.76. The molecule has 9 aromatic rings. The maximum absolute atomic E-state index is 6.28. The standard InChI is InChI=1S/C53H40N2O/c1-4-12-37(13-5-1)38-20-24-43(25-21-38)55(44-28-29-52-48(34-44)47-18-10-11-19-51(47)56-52)46-27-23-40-31-33-53(50(40)36-46)32-30-39-22-26-45(35-49(39)53)54(41-14-6-2-7-15-41)42-16-8-3-9-17-42/h1-29,34-36H,30-33H2/t53-/m1/s1. The second-order valence-electron chi connectivity index (χ2n) is 15.3. The highest BCUT2D eigenvalue weighted by molar-refractivity contribution is 6.06. The van der Waals surface area contributed by atoms with Gasteiger partial charge in [-0.05, 0) is 144 Å². The molecule has 8 aromatic carbocycles. The number of furan rings is 1. The van der Waals surface area contributed by atoms with Gasteiger partial charge < -0.3 is 14.2 Å². The summed E-state index contributed by atoms with van der Waals surface area (Å²) in [5.74, 6) is 0. The number of benzene rings is 8. The van der Waals surface area contributed by atoms with E-state index in [1.807, 2.05) is 6.07 Å². The Bertz CT molecular complexity index is 2820. The van der Waals surface area contributed by atoms with E-state index < -0.39 is 0 Å². The van der Waals surface area contributed by atoms with Crippen LogP contribution >= 0.6 is 0 Å². The number of fused-ring (bicyclic) bond motifs is 7. The molecule has 268 valence electrons. The van der Waals surface area contributed by atoms with E-state index >= 15 is 0 Å². The van der Waals surface area contributed by atoms with Crippen LogP contribution in [-0.4, -0.2) is 0 Å². The molecule has 3 heteroatoms. The van der Waals surface area contributed by atoms with Crippen molar-refractivity contribution in [2.75, 3.05) is 9.80 Å². The molecule has 0 N–H and O–H groups in total.